The second-order valence-corrected chi connectivity index (χ2v) is 14.7. The zero-order chi connectivity index (χ0) is 30.9. The fourth-order valence-electron chi connectivity index (χ4n) is 7.09. The number of hydrogen-bond acceptors (Lipinski definition) is 2. The third kappa shape index (κ3) is 29.6. The number of rotatable bonds is 35. The molecule has 3 nitrogen and oxygen atoms in total. The largest absolute Gasteiger partial charge is 1.00 e. The van der Waals surface area contributed by atoms with Gasteiger partial charge in [-0.2, -0.15) is 0 Å². The van der Waals surface area contributed by atoms with Crippen LogP contribution in [0.25, 0.3) is 0 Å². The van der Waals surface area contributed by atoms with Gasteiger partial charge in [0.15, 0.2) is 0 Å². The van der Waals surface area contributed by atoms with Gasteiger partial charge in [-0.3, -0.25) is 0 Å². The molecule has 0 N–H and O–H groups in total. The van der Waals surface area contributed by atoms with Crippen molar-refractivity contribution >= 4 is 0 Å². The number of halogens is 1. The standard InChI is InChI=1S/C40H82NO2.ClH/c1-4-6-8-10-12-14-16-18-20-22-24-26-28-32-36-42-39-40(38-41(3)34-30-31-35-41)43-37-33-29-27-25-23-21-19-17-15-13-11-9-7-5-2;/h40H,4-39H2,1-3H3;1H/q+1;/p-1. The van der Waals surface area contributed by atoms with Gasteiger partial charge in [-0.25, -0.2) is 0 Å². The number of hydrogen-bond donors (Lipinski definition) is 0. The highest BCUT2D eigenvalue weighted by molar-refractivity contribution is 4.62. The molecule has 0 spiro atoms. The van der Waals surface area contributed by atoms with E-state index in [1.807, 2.05) is 0 Å². The van der Waals surface area contributed by atoms with Crippen LogP contribution in [0.1, 0.15) is 206 Å². The maximum atomic E-state index is 6.46. The van der Waals surface area contributed by atoms with Crippen LogP contribution >= 0.6 is 0 Å². The predicted octanol–water partition coefficient (Wildman–Crippen LogP) is 9.60. The van der Waals surface area contributed by atoms with Crippen molar-refractivity contribution in [2.75, 3.05) is 46.5 Å². The SMILES string of the molecule is CCCCCCCCCCCCCCCCOCC(C[N+]1(C)CCCC1)OCCCCCCCCCCCCCCCC.[Cl-]. The zero-order valence-electron chi connectivity index (χ0n) is 30.7. The maximum absolute atomic E-state index is 6.46. The second kappa shape index (κ2) is 34.5. The molecular formula is C40H82ClNO2. The monoisotopic (exact) mass is 644 g/mol. The minimum Gasteiger partial charge on any atom is -1.00 e. The van der Waals surface area contributed by atoms with Gasteiger partial charge >= 0.3 is 0 Å². The number of ether oxygens (including phenoxy) is 2. The highest BCUT2D eigenvalue weighted by Gasteiger charge is 2.30. The average molecular weight is 645 g/mol. The first-order valence-electron chi connectivity index (χ1n) is 20.2. The van der Waals surface area contributed by atoms with E-state index in [1.54, 1.807) is 0 Å². The van der Waals surface area contributed by atoms with Crippen LogP contribution < -0.4 is 12.4 Å². The van der Waals surface area contributed by atoms with Gasteiger partial charge < -0.3 is 26.4 Å². The van der Waals surface area contributed by atoms with E-state index >= 15 is 0 Å². The van der Waals surface area contributed by atoms with E-state index < -0.39 is 0 Å². The van der Waals surface area contributed by atoms with Crippen molar-refractivity contribution in [3.05, 3.63) is 0 Å². The summed E-state index contributed by atoms with van der Waals surface area (Å²) in [5.74, 6) is 0. The van der Waals surface area contributed by atoms with E-state index in [2.05, 4.69) is 20.9 Å². The topological polar surface area (TPSA) is 18.5 Å². The molecule has 0 aliphatic carbocycles. The molecule has 1 unspecified atom stereocenters. The van der Waals surface area contributed by atoms with Crippen LogP contribution in [0.3, 0.4) is 0 Å². The number of likely N-dealkylation sites (tertiary alicyclic amines) is 1. The summed E-state index contributed by atoms with van der Waals surface area (Å²) >= 11 is 0. The van der Waals surface area contributed by atoms with E-state index in [0.29, 0.717) is 0 Å². The molecule has 1 aliphatic rings. The van der Waals surface area contributed by atoms with Crippen LogP contribution in [0.15, 0.2) is 0 Å². The van der Waals surface area contributed by atoms with Crippen LogP contribution in [-0.4, -0.2) is 57.1 Å². The lowest BCUT2D eigenvalue weighted by Gasteiger charge is -2.33. The van der Waals surface area contributed by atoms with Crippen LogP contribution in [0.2, 0.25) is 0 Å². The summed E-state index contributed by atoms with van der Waals surface area (Å²) in [6.45, 7) is 11.0. The van der Waals surface area contributed by atoms with Crippen molar-refractivity contribution < 1.29 is 26.4 Å². The highest BCUT2D eigenvalue weighted by Crippen LogP contribution is 2.19. The Morgan fingerprint density at radius 3 is 1.14 bits per heavy atom. The Balaban J connectivity index is 0.0000185. The minimum atomic E-state index is 0. The van der Waals surface area contributed by atoms with Crippen molar-refractivity contribution in [1.29, 1.82) is 0 Å². The van der Waals surface area contributed by atoms with E-state index in [9.17, 15) is 0 Å². The summed E-state index contributed by atoms with van der Waals surface area (Å²) < 4.78 is 13.8. The van der Waals surface area contributed by atoms with Crippen molar-refractivity contribution in [3.8, 4) is 0 Å². The van der Waals surface area contributed by atoms with E-state index in [1.165, 1.54) is 210 Å². The first kappa shape index (κ1) is 44.2. The van der Waals surface area contributed by atoms with Gasteiger partial charge in [0, 0.05) is 26.1 Å². The summed E-state index contributed by atoms with van der Waals surface area (Å²) in [5.41, 5.74) is 0. The van der Waals surface area contributed by atoms with Gasteiger partial charge in [-0.15, -0.1) is 0 Å². The van der Waals surface area contributed by atoms with Crippen molar-refractivity contribution in [2.45, 2.75) is 213 Å². The van der Waals surface area contributed by atoms with E-state index in [4.69, 9.17) is 9.47 Å². The average Bonchev–Trinajstić information content (AvgIpc) is 3.44. The molecule has 0 saturated carbocycles. The predicted molar refractivity (Wildman–Crippen MR) is 191 cm³/mol. The van der Waals surface area contributed by atoms with Crippen LogP contribution in [-0.2, 0) is 9.47 Å². The van der Waals surface area contributed by atoms with Gasteiger partial charge in [0.1, 0.15) is 12.6 Å². The van der Waals surface area contributed by atoms with Gasteiger partial charge in [0.05, 0.1) is 26.7 Å². The third-order valence-electron chi connectivity index (χ3n) is 10.1. The molecule has 1 fully saturated rings. The Kier molecular flexibility index (Phi) is 34.6. The fraction of sp³-hybridized carbons (Fsp3) is 1.00. The summed E-state index contributed by atoms with van der Waals surface area (Å²) in [6.07, 6.45) is 42.5. The lowest BCUT2D eigenvalue weighted by atomic mass is 10.0. The Morgan fingerprint density at radius 1 is 0.455 bits per heavy atom. The first-order valence-corrected chi connectivity index (χ1v) is 20.2. The number of unbranched alkanes of at least 4 members (excludes halogenated alkanes) is 26. The molecule has 44 heavy (non-hydrogen) atoms. The zero-order valence-corrected chi connectivity index (χ0v) is 31.4. The smallest absolute Gasteiger partial charge is 0.130 e. The molecule has 1 aliphatic heterocycles. The van der Waals surface area contributed by atoms with Gasteiger partial charge in [-0.1, -0.05) is 181 Å². The molecule has 0 aromatic rings. The van der Waals surface area contributed by atoms with Crippen molar-refractivity contribution in [3.63, 3.8) is 0 Å². The van der Waals surface area contributed by atoms with E-state index in [-0.39, 0.29) is 18.5 Å². The molecule has 0 aromatic heterocycles. The summed E-state index contributed by atoms with van der Waals surface area (Å²) in [7, 11) is 2.43. The Hall–Kier alpha value is 0.170. The number of likely N-dealkylation sites (N-methyl/N-ethyl adjacent to an activating group) is 1. The Labute approximate surface area is 284 Å². The Bertz CT molecular complexity index is 539. The lowest BCUT2D eigenvalue weighted by Crippen LogP contribution is -3.00. The van der Waals surface area contributed by atoms with Gasteiger partial charge in [0.25, 0.3) is 0 Å². The van der Waals surface area contributed by atoms with Gasteiger partial charge in [0.2, 0.25) is 0 Å². The Morgan fingerprint density at radius 2 is 0.773 bits per heavy atom. The molecule has 4 heteroatoms. The van der Waals surface area contributed by atoms with Gasteiger partial charge in [-0.05, 0) is 12.8 Å². The fourth-order valence-corrected chi connectivity index (χ4v) is 7.09. The molecule has 0 amide bonds. The molecule has 266 valence electrons. The molecule has 1 heterocycles. The molecule has 0 radical (unpaired) electrons. The second-order valence-electron chi connectivity index (χ2n) is 14.7. The molecular weight excluding hydrogens is 562 g/mol. The number of quaternary nitrogens is 1. The summed E-state index contributed by atoms with van der Waals surface area (Å²) in [6, 6.07) is 0. The van der Waals surface area contributed by atoms with E-state index in [0.717, 1.165) is 26.4 Å². The molecule has 0 aromatic carbocycles. The lowest BCUT2D eigenvalue weighted by molar-refractivity contribution is -0.900. The van der Waals surface area contributed by atoms with Crippen molar-refractivity contribution in [1.82, 2.24) is 0 Å². The molecule has 1 atom stereocenters. The first-order chi connectivity index (χ1) is 21.2. The third-order valence-corrected chi connectivity index (χ3v) is 10.1. The molecule has 1 rings (SSSR count). The summed E-state index contributed by atoms with van der Waals surface area (Å²) in [4.78, 5) is 0. The molecule has 1 saturated heterocycles. The quantitative estimate of drug-likeness (QED) is 0.0506. The summed E-state index contributed by atoms with van der Waals surface area (Å²) in [5, 5.41) is 0. The number of nitrogens with zero attached hydrogens (tertiary/aromatic N) is 1. The normalized spacial score (nSPS) is 15.1. The van der Waals surface area contributed by atoms with Crippen LogP contribution in [0.5, 0.6) is 0 Å². The molecule has 0 bridgehead atoms. The maximum Gasteiger partial charge on any atom is 0.130 e. The van der Waals surface area contributed by atoms with Crippen molar-refractivity contribution in [2.24, 2.45) is 0 Å². The highest BCUT2D eigenvalue weighted by atomic mass is 35.5. The van der Waals surface area contributed by atoms with Crippen LogP contribution in [0.4, 0.5) is 0 Å². The minimum absolute atomic E-state index is 0. The van der Waals surface area contributed by atoms with Crippen LogP contribution in [0, 0.1) is 0 Å².